The van der Waals surface area contributed by atoms with Gasteiger partial charge in [-0.25, -0.2) is 4.39 Å². The highest BCUT2D eigenvalue weighted by molar-refractivity contribution is 5.75. The number of nitro groups is 1. The number of nitrogens with zero attached hydrogens (tertiary/aromatic N) is 1. The highest BCUT2D eigenvalue weighted by atomic mass is 19.1. The molecule has 92 valence electrons. The first-order chi connectivity index (χ1) is 7.95. The minimum absolute atomic E-state index is 0.0729. The summed E-state index contributed by atoms with van der Waals surface area (Å²) >= 11 is 0. The molecule has 0 fully saturated rings. The molecule has 0 radical (unpaired) electrons. The molecule has 1 aromatic carbocycles. The molecule has 0 amide bonds. The zero-order chi connectivity index (χ0) is 13.0. The third-order valence-corrected chi connectivity index (χ3v) is 2.19. The average Bonchev–Trinajstić information content (AvgIpc) is 2.30. The zero-order valence-electron chi connectivity index (χ0n) is 9.05. The predicted octanol–water partition coefficient (Wildman–Crippen LogP) is 0.777. The lowest BCUT2D eigenvalue weighted by atomic mass is 10.1. The van der Waals surface area contributed by atoms with Crippen LogP contribution in [-0.4, -0.2) is 24.0 Å². The second-order valence-electron chi connectivity index (χ2n) is 3.37. The van der Waals surface area contributed by atoms with Crippen LogP contribution in [0.25, 0.3) is 0 Å². The lowest BCUT2D eigenvalue weighted by Gasteiger charge is -2.09. The van der Waals surface area contributed by atoms with Gasteiger partial charge in [0.05, 0.1) is 18.1 Å². The van der Waals surface area contributed by atoms with Crippen LogP contribution < -0.4 is 5.73 Å². The standard InChI is InChI=1S/C10H11FN2O4/c1-17-10(14)9(12)4-6-2-3-7(13(15)16)5-8(6)11/h2-3,5,9H,4,12H2,1H3/t9-/m1/s1. The first kappa shape index (κ1) is 13.0. The van der Waals surface area contributed by atoms with Crippen molar-refractivity contribution in [2.45, 2.75) is 12.5 Å². The SMILES string of the molecule is COC(=O)[C@H](N)Cc1ccc([N+](=O)[O-])cc1F. The summed E-state index contributed by atoms with van der Waals surface area (Å²) in [6, 6.07) is 2.19. The first-order valence-corrected chi connectivity index (χ1v) is 4.72. The number of halogens is 1. The third kappa shape index (κ3) is 3.22. The normalized spacial score (nSPS) is 11.9. The summed E-state index contributed by atoms with van der Waals surface area (Å²) in [5.74, 6) is -1.43. The van der Waals surface area contributed by atoms with E-state index in [9.17, 15) is 19.3 Å². The molecule has 0 spiro atoms. The molecule has 0 aliphatic heterocycles. The number of non-ortho nitro benzene ring substituents is 1. The first-order valence-electron chi connectivity index (χ1n) is 4.72. The van der Waals surface area contributed by atoms with E-state index in [1.165, 1.54) is 13.2 Å². The summed E-state index contributed by atoms with van der Waals surface area (Å²) in [5, 5.41) is 10.4. The van der Waals surface area contributed by atoms with Gasteiger partial charge in [0.2, 0.25) is 0 Å². The van der Waals surface area contributed by atoms with Crippen LogP contribution >= 0.6 is 0 Å². The minimum atomic E-state index is -0.990. The van der Waals surface area contributed by atoms with E-state index in [0.29, 0.717) is 0 Å². The van der Waals surface area contributed by atoms with E-state index < -0.39 is 22.8 Å². The second-order valence-corrected chi connectivity index (χ2v) is 3.37. The summed E-state index contributed by atoms with van der Waals surface area (Å²) in [5.41, 5.74) is 5.24. The molecule has 1 atom stereocenters. The van der Waals surface area contributed by atoms with E-state index in [1.54, 1.807) is 0 Å². The van der Waals surface area contributed by atoms with Gasteiger partial charge >= 0.3 is 5.97 Å². The maximum Gasteiger partial charge on any atom is 0.322 e. The number of rotatable bonds is 4. The number of methoxy groups -OCH3 is 1. The maximum absolute atomic E-state index is 13.4. The van der Waals surface area contributed by atoms with Crippen LogP contribution in [0, 0.1) is 15.9 Å². The van der Waals surface area contributed by atoms with Crippen molar-refractivity contribution >= 4 is 11.7 Å². The summed E-state index contributed by atoms with van der Waals surface area (Å²) in [4.78, 5) is 20.7. The van der Waals surface area contributed by atoms with Crippen molar-refractivity contribution < 1.29 is 18.8 Å². The monoisotopic (exact) mass is 242 g/mol. The Labute approximate surface area is 96.3 Å². The highest BCUT2D eigenvalue weighted by Gasteiger charge is 2.18. The van der Waals surface area contributed by atoms with Gasteiger partial charge in [-0.15, -0.1) is 0 Å². The molecule has 2 N–H and O–H groups in total. The van der Waals surface area contributed by atoms with Gasteiger partial charge in [-0.1, -0.05) is 0 Å². The fourth-order valence-corrected chi connectivity index (χ4v) is 1.29. The number of nitrogens with two attached hydrogens (primary N) is 1. The summed E-state index contributed by atoms with van der Waals surface area (Å²) in [6.07, 6.45) is -0.0729. The summed E-state index contributed by atoms with van der Waals surface area (Å²) in [7, 11) is 1.17. The molecule has 1 aromatic rings. The number of ether oxygens (including phenoxy) is 1. The Balaban J connectivity index is 2.86. The molecule has 0 aliphatic carbocycles. The number of benzene rings is 1. The number of carbonyl (C=O) groups is 1. The quantitative estimate of drug-likeness (QED) is 0.478. The van der Waals surface area contributed by atoms with Crippen LogP contribution in [-0.2, 0) is 16.0 Å². The van der Waals surface area contributed by atoms with Crippen molar-refractivity contribution in [3.63, 3.8) is 0 Å². The Hall–Kier alpha value is -2.02. The van der Waals surface area contributed by atoms with Crippen molar-refractivity contribution in [2.75, 3.05) is 7.11 Å². The molecule has 7 heteroatoms. The molecule has 0 aliphatic rings. The molecule has 17 heavy (non-hydrogen) atoms. The smallest absolute Gasteiger partial charge is 0.322 e. The molecular formula is C10H11FN2O4. The van der Waals surface area contributed by atoms with Crippen LogP contribution in [0.3, 0.4) is 0 Å². The minimum Gasteiger partial charge on any atom is -0.468 e. The van der Waals surface area contributed by atoms with Crippen molar-refractivity contribution in [1.29, 1.82) is 0 Å². The molecular weight excluding hydrogens is 231 g/mol. The van der Waals surface area contributed by atoms with Gasteiger partial charge in [-0.05, 0) is 11.6 Å². The Morgan fingerprint density at radius 1 is 1.65 bits per heavy atom. The van der Waals surface area contributed by atoms with Crippen LogP contribution in [0.15, 0.2) is 18.2 Å². The van der Waals surface area contributed by atoms with Crippen LogP contribution in [0.4, 0.5) is 10.1 Å². The lowest BCUT2D eigenvalue weighted by molar-refractivity contribution is -0.385. The van der Waals surface area contributed by atoms with E-state index in [0.717, 1.165) is 12.1 Å². The number of hydrogen-bond acceptors (Lipinski definition) is 5. The summed E-state index contributed by atoms with van der Waals surface area (Å²) in [6.45, 7) is 0. The van der Waals surface area contributed by atoms with E-state index in [-0.39, 0.29) is 17.7 Å². The maximum atomic E-state index is 13.4. The van der Waals surface area contributed by atoms with Crippen molar-refractivity contribution in [3.05, 3.63) is 39.7 Å². The summed E-state index contributed by atoms with van der Waals surface area (Å²) < 4.78 is 17.8. The molecule has 0 saturated heterocycles. The Bertz CT molecular complexity index is 450. The van der Waals surface area contributed by atoms with Gasteiger partial charge in [-0.2, -0.15) is 0 Å². The molecule has 0 bridgehead atoms. The Morgan fingerprint density at radius 3 is 2.76 bits per heavy atom. The van der Waals surface area contributed by atoms with E-state index in [4.69, 9.17) is 5.73 Å². The van der Waals surface area contributed by atoms with Crippen molar-refractivity contribution in [1.82, 2.24) is 0 Å². The van der Waals surface area contributed by atoms with Crippen molar-refractivity contribution in [3.8, 4) is 0 Å². The van der Waals surface area contributed by atoms with Gasteiger partial charge < -0.3 is 10.5 Å². The Morgan fingerprint density at radius 2 is 2.29 bits per heavy atom. The number of nitro benzene ring substituents is 1. The predicted molar refractivity (Wildman–Crippen MR) is 56.7 cm³/mol. The van der Waals surface area contributed by atoms with E-state index >= 15 is 0 Å². The molecule has 1 rings (SSSR count). The molecule has 0 unspecified atom stereocenters. The van der Waals surface area contributed by atoms with Gasteiger partial charge in [0, 0.05) is 12.5 Å². The highest BCUT2D eigenvalue weighted by Crippen LogP contribution is 2.17. The topological polar surface area (TPSA) is 95.5 Å². The number of carbonyl (C=O) groups excluding carboxylic acids is 1. The van der Waals surface area contributed by atoms with Crippen LogP contribution in [0.2, 0.25) is 0 Å². The van der Waals surface area contributed by atoms with Crippen LogP contribution in [0.5, 0.6) is 0 Å². The van der Waals surface area contributed by atoms with Gasteiger partial charge in [-0.3, -0.25) is 14.9 Å². The Kier molecular flexibility index (Phi) is 4.11. The molecule has 0 aromatic heterocycles. The zero-order valence-corrected chi connectivity index (χ0v) is 9.05. The molecule has 6 nitrogen and oxygen atoms in total. The van der Waals surface area contributed by atoms with Gasteiger partial charge in [0.1, 0.15) is 11.9 Å². The van der Waals surface area contributed by atoms with Gasteiger partial charge in [0.25, 0.3) is 5.69 Å². The second kappa shape index (κ2) is 5.35. The largest absolute Gasteiger partial charge is 0.468 e. The molecule has 0 heterocycles. The van der Waals surface area contributed by atoms with Gasteiger partial charge in [0.15, 0.2) is 0 Å². The fraction of sp³-hybridized carbons (Fsp3) is 0.300. The molecule has 0 saturated carbocycles. The van der Waals surface area contributed by atoms with E-state index in [1.807, 2.05) is 0 Å². The number of esters is 1. The lowest BCUT2D eigenvalue weighted by Crippen LogP contribution is -2.33. The van der Waals surface area contributed by atoms with Crippen LogP contribution in [0.1, 0.15) is 5.56 Å². The van der Waals surface area contributed by atoms with E-state index in [2.05, 4.69) is 4.74 Å². The number of hydrogen-bond donors (Lipinski definition) is 1. The average molecular weight is 242 g/mol. The fourth-order valence-electron chi connectivity index (χ4n) is 1.29. The third-order valence-electron chi connectivity index (χ3n) is 2.19. The van der Waals surface area contributed by atoms with Crippen molar-refractivity contribution in [2.24, 2.45) is 5.73 Å².